The molecule has 1 atom stereocenters. The van der Waals surface area contributed by atoms with Crippen LogP contribution in [-0.4, -0.2) is 25.4 Å². The van der Waals surface area contributed by atoms with E-state index >= 15 is 0 Å². The van der Waals surface area contributed by atoms with Gasteiger partial charge in [0.1, 0.15) is 12.1 Å². The van der Waals surface area contributed by atoms with Crippen LogP contribution in [0.2, 0.25) is 0 Å². The fraction of sp³-hybridized carbons (Fsp3) is 0.312. The smallest absolute Gasteiger partial charge is 0.160 e. The summed E-state index contributed by atoms with van der Waals surface area (Å²) in [4.78, 5) is 9.76. The highest BCUT2D eigenvalue weighted by molar-refractivity contribution is 7.99. The molecule has 2 heterocycles. The van der Waals surface area contributed by atoms with Crippen LogP contribution in [0.4, 0.5) is 5.82 Å². The summed E-state index contributed by atoms with van der Waals surface area (Å²) in [5.41, 5.74) is 1.97. The van der Waals surface area contributed by atoms with Crippen LogP contribution in [0.5, 0.6) is 0 Å². The molecule has 0 amide bonds. The van der Waals surface area contributed by atoms with Crippen molar-refractivity contribution in [3.05, 3.63) is 42.4 Å². The highest BCUT2D eigenvalue weighted by Crippen LogP contribution is 2.26. The Morgan fingerprint density at radius 1 is 1.09 bits per heavy atom. The molecule has 5 nitrogen and oxygen atoms in total. The second-order valence-corrected chi connectivity index (χ2v) is 7.11. The molecule has 114 valence electrons. The molecule has 2 aromatic heterocycles. The maximum Gasteiger partial charge on any atom is 0.160 e. The fourth-order valence-corrected chi connectivity index (χ4v) is 3.11. The quantitative estimate of drug-likeness (QED) is 0.696. The van der Waals surface area contributed by atoms with Crippen LogP contribution in [0.3, 0.4) is 0 Å². The van der Waals surface area contributed by atoms with Crippen molar-refractivity contribution >= 4 is 28.6 Å². The predicted molar refractivity (Wildman–Crippen MR) is 91.2 cm³/mol. The van der Waals surface area contributed by atoms with Crippen molar-refractivity contribution in [2.24, 2.45) is 0 Å². The van der Waals surface area contributed by atoms with Gasteiger partial charge in [-0.3, -0.25) is 5.10 Å². The average molecular weight is 313 g/mol. The average Bonchev–Trinajstić information content (AvgIpc) is 2.97. The SMILES string of the molecule is CC(C)Sc1ccc(C(C)Nc2ncnc3[nH]ncc23)cc1. The molecule has 0 aliphatic carbocycles. The van der Waals surface area contributed by atoms with Gasteiger partial charge in [-0.2, -0.15) is 5.10 Å². The van der Waals surface area contributed by atoms with Crippen molar-refractivity contribution in [3.63, 3.8) is 0 Å². The Hall–Kier alpha value is -2.08. The summed E-state index contributed by atoms with van der Waals surface area (Å²) >= 11 is 1.87. The lowest BCUT2D eigenvalue weighted by atomic mass is 10.1. The summed E-state index contributed by atoms with van der Waals surface area (Å²) in [6, 6.07) is 8.83. The molecule has 2 N–H and O–H groups in total. The van der Waals surface area contributed by atoms with Crippen LogP contribution in [0.1, 0.15) is 32.4 Å². The predicted octanol–water partition coefficient (Wildman–Crippen LogP) is 4.03. The van der Waals surface area contributed by atoms with E-state index in [9.17, 15) is 0 Å². The van der Waals surface area contributed by atoms with E-state index in [0.717, 1.165) is 16.9 Å². The van der Waals surface area contributed by atoms with Crippen molar-refractivity contribution in [2.75, 3.05) is 5.32 Å². The lowest BCUT2D eigenvalue weighted by molar-refractivity contribution is 0.874. The number of hydrogen-bond donors (Lipinski definition) is 2. The number of rotatable bonds is 5. The summed E-state index contributed by atoms with van der Waals surface area (Å²) in [6.07, 6.45) is 3.28. The number of H-pyrrole nitrogens is 1. The minimum Gasteiger partial charge on any atom is -0.363 e. The first-order valence-corrected chi connectivity index (χ1v) is 8.18. The first kappa shape index (κ1) is 14.8. The number of anilines is 1. The van der Waals surface area contributed by atoms with Gasteiger partial charge in [-0.05, 0) is 24.6 Å². The second-order valence-electron chi connectivity index (χ2n) is 5.46. The van der Waals surface area contributed by atoms with Crippen LogP contribution in [-0.2, 0) is 0 Å². The van der Waals surface area contributed by atoms with Gasteiger partial charge < -0.3 is 5.32 Å². The molecule has 0 aliphatic rings. The van der Waals surface area contributed by atoms with Gasteiger partial charge >= 0.3 is 0 Å². The maximum atomic E-state index is 4.32. The molecule has 3 aromatic rings. The van der Waals surface area contributed by atoms with Gasteiger partial charge in [-0.15, -0.1) is 11.8 Å². The van der Waals surface area contributed by atoms with E-state index in [0.29, 0.717) is 5.25 Å². The maximum absolute atomic E-state index is 4.32. The standard InChI is InChI=1S/C16H19N5S/c1-10(2)22-13-6-4-12(5-7-13)11(3)20-15-14-8-19-21-16(14)18-9-17-15/h4-11H,1-3H3,(H2,17,18,19,20,21). The second kappa shape index (κ2) is 6.36. The van der Waals surface area contributed by atoms with Gasteiger partial charge in [0.05, 0.1) is 11.6 Å². The molecule has 22 heavy (non-hydrogen) atoms. The molecule has 1 aromatic carbocycles. The third kappa shape index (κ3) is 3.22. The number of nitrogens with zero attached hydrogens (tertiary/aromatic N) is 3. The van der Waals surface area contributed by atoms with Crippen molar-refractivity contribution in [3.8, 4) is 0 Å². The number of nitrogens with one attached hydrogen (secondary N) is 2. The van der Waals surface area contributed by atoms with E-state index in [-0.39, 0.29) is 6.04 Å². The van der Waals surface area contributed by atoms with Crippen LogP contribution < -0.4 is 5.32 Å². The Morgan fingerprint density at radius 3 is 2.59 bits per heavy atom. The minimum absolute atomic E-state index is 0.158. The van der Waals surface area contributed by atoms with E-state index in [2.05, 4.69) is 70.5 Å². The van der Waals surface area contributed by atoms with Crippen LogP contribution in [0, 0.1) is 0 Å². The summed E-state index contributed by atoms with van der Waals surface area (Å²) in [6.45, 7) is 6.53. The third-order valence-electron chi connectivity index (χ3n) is 3.35. The Bertz CT molecular complexity index is 751. The molecule has 0 spiro atoms. The van der Waals surface area contributed by atoms with E-state index in [1.165, 1.54) is 16.8 Å². The van der Waals surface area contributed by atoms with Crippen molar-refractivity contribution in [1.29, 1.82) is 0 Å². The Labute approximate surface area is 134 Å². The summed E-state index contributed by atoms with van der Waals surface area (Å²) < 4.78 is 0. The molecule has 1 unspecified atom stereocenters. The van der Waals surface area contributed by atoms with Gasteiger partial charge in [-0.25, -0.2) is 9.97 Å². The zero-order valence-corrected chi connectivity index (χ0v) is 13.7. The lowest BCUT2D eigenvalue weighted by Crippen LogP contribution is -2.08. The molecule has 0 saturated heterocycles. The van der Waals surface area contributed by atoms with Gasteiger partial charge in [0, 0.05) is 16.2 Å². The topological polar surface area (TPSA) is 66.5 Å². The lowest BCUT2D eigenvalue weighted by Gasteiger charge is -2.16. The number of hydrogen-bond acceptors (Lipinski definition) is 5. The monoisotopic (exact) mass is 313 g/mol. The van der Waals surface area contributed by atoms with E-state index in [1.54, 1.807) is 6.20 Å². The number of thioether (sulfide) groups is 1. The Balaban J connectivity index is 1.76. The Morgan fingerprint density at radius 2 is 1.86 bits per heavy atom. The normalized spacial score (nSPS) is 12.7. The number of aromatic amines is 1. The summed E-state index contributed by atoms with van der Waals surface area (Å²) in [7, 11) is 0. The largest absolute Gasteiger partial charge is 0.363 e. The molecular formula is C16H19N5S. The molecule has 0 bridgehead atoms. The van der Waals surface area contributed by atoms with Crippen LogP contribution in [0.15, 0.2) is 41.7 Å². The first-order chi connectivity index (χ1) is 10.6. The molecular weight excluding hydrogens is 294 g/mol. The summed E-state index contributed by atoms with van der Waals surface area (Å²) in [5, 5.41) is 11.8. The van der Waals surface area contributed by atoms with Gasteiger partial charge in [-0.1, -0.05) is 26.0 Å². The van der Waals surface area contributed by atoms with Gasteiger partial charge in [0.15, 0.2) is 5.65 Å². The van der Waals surface area contributed by atoms with E-state index in [4.69, 9.17) is 0 Å². The molecule has 0 fully saturated rings. The highest BCUT2D eigenvalue weighted by Gasteiger charge is 2.10. The van der Waals surface area contributed by atoms with E-state index < -0.39 is 0 Å². The third-order valence-corrected chi connectivity index (χ3v) is 4.37. The van der Waals surface area contributed by atoms with Gasteiger partial charge in [0.25, 0.3) is 0 Å². The molecule has 3 rings (SSSR count). The molecule has 0 aliphatic heterocycles. The van der Waals surface area contributed by atoms with Crippen molar-refractivity contribution in [2.45, 2.75) is 37.0 Å². The zero-order chi connectivity index (χ0) is 15.5. The van der Waals surface area contributed by atoms with Crippen LogP contribution in [0.25, 0.3) is 11.0 Å². The zero-order valence-electron chi connectivity index (χ0n) is 12.9. The van der Waals surface area contributed by atoms with Crippen molar-refractivity contribution in [1.82, 2.24) is 20.2 Å². The first-order valence-electron chi connectivity index (χ1n) is 7.30. The minimum atomic E-state index is 0.158. The Kier molecular flexibility index (Phi) is 4.29. The number of benzene rings is 1. The van der Waals surface area contributed by atoms with Crippen molar-refractivity contribution < 1.29 is 0 Å². The number of fused-ring (bicyclic) bond motifs is 1. The molecule has 0 radical (unpaired) electrons. The van der Waals surface area contributed by atoms with Crippen LogP contribution >= 0.6 is 11.8 Å². The fourth-order valence-electron chi connectivity index (χ4n) is 2.28. The molecule has 0 saturated carbocycles. The number of aromatic nitrogens is 4. The molecule has 6 heteroatoms. The van der Waals surface area contributed by atoms with E-state index in [1.807, 2.05) is 11.8 Å². The summed E-state index contributed by atoms with van der Waals surface area (Å²) in [5.74, 6) is 0.798. The highest BCUT2D eigenvalue weighted by atomic mass is 32.2. The van der Waals surface area contributed by atoms with Gasteiger partial charge in [0.2, 0.25) is 0 Å².